The number of likely N-dealkylation sites (tertiary alicyclic amines) is 1. The summed E-state index contributed by atoms with van der Waals surface area (Å²) in [6, 6.07) is 5.33. The number of amides is 1. The number of benzene rings is 1. The second-order valence-corrected chi connectivity index (χ2v) is 9.24. The molecule has 3 rings (SSSR count). The van der Waals surface area contributed by atoms with Crippen molar-refractivity contribution >= 4 is 22.0 Å². The van der Waals surface area contributed by atoms with Crippen molar-refractivity contribution in [1.29, 1.82) is 0 Å². The molecule has 1 fully saturated rings. The number of nitrogens with one attached hydrogen (secondary N) is 2. The second-order valence-electron chi connectivity index (χ2n) is 8.38. The monoisotopic (exact) mass is 524 g/mol. The SMILES string of the molecule is COCCOc1cc(-c2cnc([C@@H]3CCCN3C(O)[C@@H](NC(=O)OC)C(C)C)[nH]2)ccc1Br. The van der Waals surface area contributed by atoms with Crippen molar-refractivity contribution in [3.05, 3.63) is 34.7 Å². The van der Waals surface area contributed by atoms with E-state index in [9.17, 15) is 9.90 Å². The fourth-order valence-electron chi connectivity index (χ4n) is 4.06. The molecule has 1 aromatic heterocycles. The first-order chi connectivity index (χ1) is 15.8. The Morgan fingerprint density at radius 3 is 2.85 bits per heavy atom. The number of halogens is 1. The third-order valence-electron chi connectivity index (χ3n) is 5.84. The van der Waals surface area contributed by atoms with E-state index in [2.05, 4.69) is 31.2 Å². The molecular formula is C23H33BrN4O5. The topological polar surface area (TPSA) is 109 Å². The van der Waals surface area contributed by atoms with Crippen LogP contribution in [0.1, 0.15) is 38.6 Å². The first-order valence-electron chi connectivity index (χ1n) is 11.1. The molecule has 1 amide bonds. The van der Waals surface area contributed by atoms with Gasteiger partial charge in [-0.05, 0) is 46.8 Å². The molecule has 1 aliphatic heterocycles. The van der Waals surface area contributed by atoms with Gasteiger partial charge in [-0.2, -0.15) is 0 Å². The van der Waals surface area contributed by atoms with Gasteiger partial charge < -0.3 is 29.6 Å². The number of aliphatic hydroxyl groups is 1. The molecule has 0 bridgehead atoms. The van der Waals surface area contributed by atoms with E-state index in [1.165, 1.54) is 7.11 Å². The molecule has 0 saturated carbocycles. The van der Waals surface area contributed by atoms with Crippen molar-refractivity contribution in [1.82, 2.24) is 20.2 Å². The summed E-state index contributed by atoms with van der Waals surface area (Å²) in [5.41, 5.74) is 1.81. The van der Waals surface area contributed by atoms with Crippen LogP contribution in [0.2, 0.25) is 0 Å². The van der Waals surface area contributed by atoms with E-state index in [-0.39, 0.29) is 12.0 Å². The molecule has 3 atom stereocenters. The summed E-state index contributed by atoms with van der Waals surface area (Å²) in [7, 11) is 2.96. The number of aromatic amines is 1. The lowest BCUT2D eigenvalue weighted by Crippen LogP contribution is -2.54. The van der Waals surface area contributed by atoms with Crippen molar-refractivity contribution in [2.75, 3.05) is 34.0 Å². The van der Waals surface area contributed by atoms with Crippen LogP contribution in [0.3, 0.4) is 0 Å². The number of hydrogen-bond acceptors (Lipinski definition) is 7. The van der Waals surface area contributed by atoms with Crippen molar-refractivity contribution in [2.24, 2.45) is 5.92 Å². The van der Waals surface area contributed by atoms with Gasteiger partial charge in [0.15, 0.2) is 0 Å². The molecule has 9 nitrogen and oxygen atoms in total. The smallest absolute Gasteiger partial charge is 0.407 e. The number of H-pyrrole nitrogens is 1. The molecule has 0 radical (unpaired) electrons. The van der Waals surface area contributed by atoms with Gasteiger partial charge in [0.05, 0.1) is 42.2 Å². The van der Waals surface area contributed by atoms with Gasteiger partial charge in [-0.15, -0.1) is 0 Å². The minimum absolute atomic E-state index is 0.0202. The quantitative estimate of drug-likeness (QED) is 0.406. The number of alkyl carbamates (subject to hydrolysis) is 1. The normalized spacial score (nSPS) is 18.3. The fraction of sp³-hybridized carbons (Fsp3) is 0.565. The van der Waals surface area contributed by atoms with E-state index in [1.807, 2.05) is 36.9 Å². The van der Waals surface area contributed by atoms with Gasteiger partial charge in [-0.1, -0.05) is 19.9 Å². The molecule has 0 spiro atoms. The van der Waals surface area contributed by atoms with Gasteiger partial charge >= 0.3 is 6.09 Å². The molecule has 1 unspecified atom stereocenters. The van der Waals surface area contributed by atoms with Crippen LogP contribution in [0.15, 0.2) is 28.9 Å². The van der Waals surface area contributed by atoms with Gasteiger partial charge in [0.1, 0.15) is 24.4 Å². The molecule has 3 N–H and O–H groups in total. The molecule has 182 valence electrons. The Bertz CT molecular complexity index is 922. The maximum Gasteiger partial charge on any atom is 0.407 e. The number of carbonyl (C=O) groups is 1. The summed E-state index contributed by atoms with van der Waals surface area (Å²) in [5.74, 6) is 1.53. The number of imidazole rings is 1. The number of rotatable bonds is 10. The summed E-state index contributed by atoms with van der Waals surface area (Å²) in [6.45, 7) is 5.59. The molecule has 33 heavy (non-hydrogen) atoms. The van der Waals surface area contributed by atoms with Gasteiger partial charge in [0.2, 0.25) is 0 Å². The van der Waals surface area contributed by atoms with E-state index in [1.54, 1.807) is 13.3 Å². The minimum Gasteiger partial charge on any atom is -0.490 e. The fourth-order valence-corrected chi connectivity index (χ4v) is 4.42. The highest BCUT2D eigenvalue weighted by molar-refractivity contribution is 9.10. The predicted molar refractivity (Wildman–Crippen MR) is 128 cm³/mol. The maximum absolute atomic E-state index is 11.8. The van der Waals surface area contributed by atoms with E-state index >= 15 is 0 Å². The highest BCUT2D eigenvalue weighted by Crippen LogP contribution is 2.35. The van der Waals surface area contributed by atoms with Gasteiger partial charge in [0.25, 0.3) is 0 Å². The number of methoxy groups -OCH3 is 2. The van der Waals surface area contributed by atoms with Crippen molar-refractivity contribution < 1.29 is 24.1 Å². The van der Waals surface area contributed by atoms with Crippen LogP contribution in [0.5, 0.6) is 5.75 Å². The summed E-state index contributed by atoms with van der Waals surface area (Å²) >= 11 is 3.52. The van der Waals surface area contributed by atoms with Crippen LogP contribution in [-0.4, -0.2) is 72.3 Å². The number of carbonyl (C=O) groups excluding carboxylic acids is 1. The van der Waals surface area contributed by atoms with Crippen molar-refractivity contribution in [2.45, 2.75) is 45.0 Å². The Morgan fingerprint density at radius 1 is 1.36 bits per heavy atom. The van der Waals surface area contributed by atoms with E-state index in [0.717, 1.165) is 40.1 Å². The molecule has 2 heterocycles. The largest absolute Gasteiger partial charge is 0.490 e. The zero-order chi connectivity index (χ0) is 24.0. The molecular weight excluding hydrogens is 492 g/mol. The number of ether oxygens (including phenoxy) is 3. The average Bonchev–Trinajstić information content (AvgIpc) is 3.47. The first-order valence-corrected chi connectivity index (χ1v) is 11.9. The Balaban J connectivity index is 1.77. The lowest BCUT2D eigenvalue weighted by molar-refractivity contribution is -0.0440. The third-order valence-corrected chi connectivity index (χ3v) is 6.50. The van der Waals surface area contributed by atoms with Crippen LogP contribution in [0, 0.1) is 5.92 Å². The lowest BCUT2D eigenvalue weighted by Gasteiger charge is -2.35. The summed E-state index contributed by atoms with van der Waals surface area (Å²) in [5, 5.41) is 13.9. The average molecular weight is 525 g/mol. The van der Waals surface area contributed by atoms with Gasteiger partial charge in [-0.25, -0.2) is 9.78 Å². The standard InChI is InChI=1S/C23H33BrN4O5/c1-14(2)20(27-23(30)32-4)22(29)28-9-5-6-18(28)21-25-13-17(26-21)15-7-8-16(24)19(12-15)33-11-10-31-3/h7-8,12-14,18,20,22,29H,5-6,9-11H2,1-4H3,(H,25,26)(H,27,30)/t18-,20-,22?/m0/s1. The maximum atomic E-state index is 11.8. The highest BCUT2D eigenvalue weighted by Gasteiger charge is 2.38. The zero-order valence-electron chi connectivity index (χ0n) is 19.5. The van der Waals surface area contributed by atoms with Crippen molar-refractivity contribution in [3.8, 4) is 17.0 Å². The summed E-state index contributed by atoms with van der Waals surface area (Å²) in [4.78, 5) is 21.8. The van der Waals surface area contributed by atoms with Crippen LogP contribution < -0.4 is 10.1 Å². The summed E-state index contributed by atoms with van der Waals surface area (Å²) < 4.78 is 16.5. The number of aromatic nitrogens is 2. The molecule has 1 aromatic carbocycles. The van der Waals surface area contributed by atoms with Crippen LogP contribution >= 0.6 is 15.9 Å². The number of nitrogens with zero attached hydrogens (tertiary/aromatic N) is 2. The van der Waals surface area contributed by atoms with E-state index in [4.69, 9.17) is 14.2 Å². The predicted octanol–water partition coefficient (Wildman–Crippen LogP) is 3.70. The zero-order valence-corrected chi connectivity index (χ0v) is 21.1. The highest BCUT2D eigenvalue weighted by atomic mass is 79.9. The molecule has 1 aliphatic rings. The summed E-state index contributed by atoms with van der Waals surface area (Å²) in [6.07, 6.45) is 2.17. The molecule has 0 aliphatic carbocycles. The van der Waals surface area contributed by atoms with Gasteiger partial charge in [-0.3, -0.25) is 4.90 Å². The van der Waals surface area contributed by atoms with Crippen LogP contribution in [0.4, 0.5) is 4.79 Å². The number of hydrogen-bond donors (Lipinski definition) is 3. The van der Waals surface area contributed by atoms with Crippen LogP contribution in [0.25, 0.3) is 11.3 Å². The van der Waals surface area contributed by atoms with Crippen molar-refractivity contribution in [3.63, 3.8) is 0 Å². The van der Waals surface area contributed by atoms with Gasteiger partial charge in [0, 0.05) is 19.2 Å². The lowest BCUT2D eigenvalue weighted by atomic mass is 10.0. The molecule has 1 saturated heterocycles. The Morgan fingerprint density at radius 2 is 2.15 bits per heavy atom. The Hall–Kier alpha value is -2.14. The Kier molecular flexibility index (Phi) is 9.13. The van der Waals surface area contributed by atoms with Crippen LogP contribution in [-0.2, 0) is 9.47 Å². The van der Waals surface area contributed by atoms with E-state index < -0.39 is 18.4 Å². The Labute approximate surface area is 202 Å². The van der Waals surface area contributed by atoms with E-state index in [0.29, 0.717) is 19.8 Å². The second kappa shape index (κ2) is 11.8. The first kappa shape index (κ1) is 25.5. The molecule has 2 aromatic rings. The number of aliphatic hydroxyl groups excluding tert-OH is 1. The molecule has 10 heteroatoms. The minimum atomic E-state index is -0.862. The third kappa shape index (κ3) is 6.26.